The van der Waals surface area contributed by atoms with Gasteiger partial charge in [-0.1, -0.05) is 30.3 Å². The summed E-state index contributed by atoms with van der Waals surface area (Å²) >= 11 is 0. The second-order valence-electron chi connectivity index (χ2n) is 5.30. The van der Waals surface area contributed by atoms with Crippen molar-refractivity contribution in [1.29, 1.82) is 0 Å². The Kier molecular flexibility index (Phi) is 5.43. The van der Waals surface area contributed by atoms with Gasteiger partial charge in [-0.2, -0.15) is 0 Å². The average molecular weight is 314 g/mol. The maximum atomic E-state index is 12.3. The highest BCUT2D eigenvalue weighted by molar-refractivity contribution is 5.96. The van der Waals surface area contributed by atoms with Crippen LogP contribution in [0.5, 0.6) is 0 Å². The van der Waals surface area contributed by atoms with Crippen LogP contribution >= 0.6 is 0 Å². The third-order valence-corrected chi connectivity index (χ3v) is 3.55. The molecule has 0 aliphatic carbocycles. The number of amides is 1. The topological polar surface area (TPSA) is 92.5 Å². The largest absolute Gasteiger partial charge is 0.394 e. The fraction of sp³-hybridized carbons (Fsp3) is 0.235. The first-order chi connectivity index (χ1) is 11.0. The van der Waals surface area contributed by atoms with Gasteiger partial charge in [-0.05, 0) is 30.5 Å². The summed E-state index contributed by atoms with van der Waals surface area (Å²) in [6.07, 6.45) is 0.509. The van der Waals surface area contributed by atoms with Gasteiger partial charge in [0.15, 0.2) is 0 Å². The summed E-state index contributed by atoms with van der Waals surface area (Å²) in [5, 5.41) is 23.0. The van der Waals surface area contributed by atoms with Gasteiger partial charge in [0.05, 0.1) is 17.6 Å². The van der Waals surface area contributed by atoms with Crippen molar-refractivity contribution < 1.29 is 14.8 Å². The molecule has 0 saturated carbocycles. The Hall–Kier alpha value is -2.73. The van der Waals surface area contributed by atoms with Crippen molar-refractivity contribution in [2.75, 3.05) is 6.61 Å². The Bertz CT molecular complexity index is 701. The molecule has 1 unspecified atom stereocenters. The van der Waals surface area contributed by atoms with E-state index in [2.05, 4.69) is 5.32 Å². The van der Waals surface area contributed by atoms with E-state index in [0.29, 0.717) is 17.5 Å². The summed E-state index contributed by atoms with van der Waals surface area (Å²) in [5.74, 6) is -0.354. The second kappa shape index (κ2) is 7.51. The van der Waals surface area contributed by atoms with Crippen LogP contribution in [-0.2, 0) is 6.42 Å². The van der Waals surface area contributed by atoms with E-state index in [1.54, 1.807) is 6.92 Å². The predicted octanol–water partition coefficient (Wildman–Crippen LogP) is 2.24. The summed E-state index contributed by atoms with van der Waals surface area (Å²) in [7, 11) is 0. The number of carbonyl (C=O) groups excluding carboxylic acids is 1. The van der Waals surface area contributed by atoms with Gasteiger partial charge in [0, 0.05) is 17.7 Å². The van der Waals surface area contributed by atoms with Crippen LogP contribution < -0.4 is 5.32 Å². The van der Waals surface area contributed by atoms with Gasteiger partial charge < -0.3 is 10.4 Å². The van der Waals surface area contributed by atoms with E-state index in [1.165, 1.54) is 18.2 Å². The van der Waals surface area contributed by atoms with E-state index in [-0.39, 0.29) is 18.2 Å². The zero-order valence-electron chi connectivity index (χ0n) is 12.7. The molecule has 2 rings (SSSR count). The lowest BCUT2D eigenvalue weighted by Gasteiger charge is -2.17. The summed E-state index contributed by atoms with van der Waals surface area (Å²) in [6.45, 7) is 1.46. The van der Waals surface area contributed by atoms with Crippen molar-refractivity contribution in [2.24, 2.45) is 0 Å². The number of aryl methyl sites for hydroxylation is 1. The lowest BCUT2D eigenvalue weighted by molar-refractivity contribution is -0.384. The molecule has 0 aliphatic heterocycles. The minimum atomic E-state index is -0.499. The van der Waals surface area contributed by atoms with Gasteiger partial charge in [0.1, 0.15) is 0 Å². The molecule has 1 amide bonds. The number of nitrogens with one attached hydrogen (secondary N) is 1. The van der Waals surface area contributed by atoms with Crippen LogP contribution in [0.25, 0.3) is 0 Å². The van der Waals surface area contributed by atoms with Gasteiger partial charge in [0.25, 0.3) is 11.6 Å². The molecule has 2 aromatic carbocycles. The van der Waals surface area contributed by atoms with Crippen LogP contribution in [-0.4, -0.2) is 28.6 Å². The van der Waals surface area contributed by atoms with Gasteiger partial charge in [-0.15, -0.1) is 0 Å². The summed E-state index contributed by atoms with van der Waals surface area (Å²) < 4.78 is 0. The molecule has 23 heavy (non-hydrogen) atoms. The third kappa shape index (κ3) is 4.37. The third-order valence-electron chi connectivity index (χ3n) is 3.55. The normalized spacial score (nSPS) is 11.7. The molecule has 0 saturated heterocycles. The minimum Gasteiger partial charge on any atom is -0.394 e. The standard InChI is InChI=1S/C17H18N2O4/c1-12-9-15(19(22)23)7-8-16(12)17(21)18-14(11-20)10-13-5-3-2-4-6-13/h2-9,14,20H,10-11H2,1H3,(H,18,21). The highest BCUT2D eigenvalue weighted by Crippen LogP contribution is 2.17. The van der Waals surface area contributed by atoms with Crippen molar-refractivity contribution in [3.8, 4) is 0 Å². The highest BCUT2D eigenvalue weighted by Gasteiger charge is 2.17. The number of non-ortho nitro benzene ring substituents is 1. The second-order valence-corrected chi connectivity index (χ2v) is 5.30. The van der Waals surface area contributed by atoms with Crippen molar-refractivity contribution in [3.63, 3.8) is 0 Å². The number of hydrogen-bond donors (Lipinski definition) is 2. The fourth-order valence-electron chi connectivity index (χ4n) is 2.34. The van der Waals surface area contributed by atoms with Crippen molar-refractivity contribution in [3.05, 3.63) is 75.3 Å². The van der Waals surface area contributed by atoms with Crippen molar-refractivity contribution >= 4 is 11.6 Å². The molecule has 0 fully saturated rings. The van der Waals surface area contributed by atoms with Crippen LogP contribution in [0.15, 0.2) is 48.5 Å². The zero-order chi connectivity index (χ0) is 16.8. The number of nitro groups is 1. The molecular weight excluding hydrogens is 296 g/mol. The fourth-order valence-corrected chi connectivity index (χ4v) is 2.34. The van der Waals surface area contributed by atoms with E-state index in [0.717, 1.165) is 5.56 Å². The molecular formula is C17H18N2O4. The van der Waals surface area contributed by atoms with Crippen LogP contribution in [0.2, 0.25) is 0 Å². The van der Waals surface area contributed by atoms with E-state index in [9.17, 15) is 20.0 Å². The van der Waals surface area contributed by atoms with Crippen LogP contribution in [0, 0.1) is 17.0 Å². The molecule has 0 aromatic heterocycles. The van der Waals surface area contributed by atoms with Gasteiger partial charge in [-0.3, -0.25) is 14.9 Å². The average Bonchev–Trinajstić information content (AvgIpc) is 2.54. The zero-order valence-corrected chi connectivity index (χ0v) is 12.7. The number of hydrogen-bond acceptors (Lipinski definition) is 4. The van der Waals surface area contributed by atoms with Gasteiger partial charge in [-0.25, -0.2) is 0 Å². The Morgan fingerprint density at radius 2 is 1.96 bits per heavy atom. The molecule has 1 atom stereocenters. The molecule has 2 aromatic rings. The maximum absolute atomic E-state index is 12.3. The summed E-state index contributed by atoms with van der Waals surface area (Å²) in [4.78, 5) is 22.5. The monoisotopic (exact) mass is 314 g/mol. The molecule has 0 aliphatic rings. The molecule has 0 bridgehead atoms. The van der Waals surface area contributed by atoms with E-state index in [4.69, 9.17) is 0 Å². The number of aliphatic hydroxyl groups excluding tert-OH is 1. The summed E-state index contributed by atoms with van der Waals surface area (Å²) in [5.41, 5.74) is 1.84. The number of carbonyl (C=O) groups is 1. The molecule has 0 spiro atoms. The molecule has 0 heterocycles. The van der Waals surface area contributed by atoms with Crippen LogP contribution in [0.1, 0.15) is 21.5 Å². The first-order valence-electron chi connectivity index (χ1n) is 7.22. The Labute approximate surface area is 133 Å². The number of aliphatic hydroxyl groups is 1. The Morgan fingerprint density at radius 1 is 1.26 bits per heavy atom. The minimum absolute atomic E-state index is 0.0537. The van der Waals surface area contributed by atoms with Gasteiger partial charge >= 0.3 is 0 Å². The van der Waals surface area contributed by atoms with Crippen LogP contribution in [0.3, 0.4) is 0 Å². The van der Waals surface area contributed by atoms with Crippen molar-refractivity contribution in [1.82, 2.24) is 5.32 Å². The Balaban J connectivity index is 2.09. The van der Waals surface area contributed by atoms with Gasteiger partial charge in [0.2, 0.25) is 0 Å². The van der Waals surface area contributed by atoms with E-state index < -0.39 is 11.0 Å². The van der Waals surface area contributed by atoms with Crippen molar-refractivity contribution in [2.45, 2.75) is 19.4 Å². The number of nitro benzene ring substituents is 1. The lowest BCUT2D eigenvalue weighted by Crippen LogP contribution is -2.39. The van der Waals surface area contributed by atoms with E-state index in [1.807, 2.05) is 30.3 Å². The molecule has 2 N–H and O–H groups in total. The molecule has 6 heteroatoms. The SMILES string of the molecule is Cc1cc([N+](=O)[O-])ccc1C(=O)NC(CO)Cc1ccccc1. The Morgan fingerprint density at radius 3 is 2.52 bits per heavy atom. The lowest BCUT2D eigenvalue weighted by atomic mass is 10.0. The molecule has 6 nitrogen and oxygen atoms in total. The smallest absolute Gasteiger partial charge is 0.269 e. The first kappa shape index (κ1) is 16.6. The predicted molar refractivity (Wildman–Crippen MR) is 86.3 cm³/mol. The maximum Gasteiger partial charge on any atom is 0.269 e. The summed E-state index contributed by atoms with van der Waals surface area (Å²) in [6, 6.07) is 13.2. The highest BCUT2D eigenvalue weighted by atomic mass is 16.6. The van der Waals surface area contributed by atoms with Crippen LogP contribution in [0.4, 0.5) is 5.69 Å². The first-order valence-corrected chi connectivity index (χ1v) is 7.22. The number of benzene rings is 2. The number of nitrogens with zero attached hydrogens (tertiary/aromatic N) is 1. The molecule has 0 radical (unpaired) electrons. The number of rotatable bonds is 6. The molecule has 120 valence electrons. The van der Waals surface area contributed by atoms with E-state index >= 15 is 0 Å². The quantitative estimate of drug-likeness (QED) is 0.631.